The molecule has 0 saturated carbocycles. The SMILES string of the molecule is C=CC[C@H](C[C@H](O)[C@H](CC(C)C)NC(=O)[C@H](CC(N)=O)NC(=O)[C@@H](NC(=O)OC(C)(C)C)C(C)C)C(=O)N[C@@H](C)C(=O)NCC. The Hall–Kier alpha value is -3.68. The highest BCUT2D eigenvalue weighted by molar-refractivity contribution is 5.94. The van der Waals surface area contributed by atoms with E-state index in [0.717, 1.165) is 0 Å². The first kappa shape index (κ1) is 41.3. The number of primary amides is 1. The van der Waals surface area contributed by atoms with Crippen molar-refractivity contribution in [3.8, 4) is 0 Å². The summed E-state index contributed by atoms with van der Waals surface area (Å²) in [5.41, 5.74) is 4.58. The molecular formula is C31H56N6O8. The van der Waals surface area contributed by atoms with Gasteiger partial charge in [-0.1, -0.05) is 33.8 Å². The fraction of sp³-hybridized carbons (Fsp3) is 0.742. The molecule has 6 amide bonds. The molecule has 0 saturated heterocycles. The van der Waals surface area contributed by atoms with Crippen LogP contribution in [0.3, 0.4) is 0 Å². The van der Waals surface area contributed by atoms with Crippen LogP contribution < -0.4 is 32.3 Å². The van der Waals surface area contributed by atoms with Crippen LogP contribution in [-0.2, 0) is 28.7 Å². The zero-order valence-electron chi connectivity index (χ0n) is 28.3. The van der Waals surface area contributed by atoms with E-state index >= 15 is 0 Å². The number of hydrogen-bond donors (Lipinski definition) is 7. The van der Waals surface area contributed by atoms with Crippen molar-refractivity contribution in [2.45, 2.75) is 124 Å². The van der Waals surface area contributed by atoms with Crippen LogP contribution in [0.25, 0.3) is 0 Å². The van der Waals surface area contributed by atoms with Crippen LogP contribution in [0.2, 0.25) is 0 Å². The molecule has 0 aromatic rings. The van der Waals surface area contributed by atoms with E-state index in [9.17, 15) is 33.9 Å². The molecule has 0 bridgehead atoms. The quantitative estimate of drug-likeness (QED) is 0.101. The predicted molar refractivity (Wildman–Crippen MR) is 170 cm³/mol. The molecule has 8 N–H and O–H groups in total. The number of likely N-dealkylation sites (N-methyl/N-ethyl adjacent to an activating group) is 1. The van der Waals surface area contributed by atoms with Gasteiger partial charge in [0.15, 0.2) is 0 Å². The van der Waals surface area contributed by atoms with Crippen molar-refractivity contribution in [3.63, 3.8) is 0 Å². The normalized spacial score (nSPS) is 15.5. The maximum Gasteiger partial charge on any atom is 0.408 e. The average molecular weight is 641 g/mol. The zero-order valence-corrected chi connectivity index (χ0v) is 28.3. The van der Waals surface area contributed by atoms with E-state index in [-0.39, 0.29) is 24.7 Å². The van der Waals surface area contributed by atoms with E-state index in [1.54, 1.807) is 48.5 Å². The minimum Gasteiger partial charge on any atom is -0.444 e. The van der Waals surface area contributed by atoms with Crippen LogP contribution >= 0.6 is 0 Å². The lowest BCUT2D eigenvalue weighted by molar-refractivity contribution is -0.133. The Morgan fingerprint density at radius 1 is 0.867 bits per heavy atom. The molecule has 0 aliphatic rings. The molecular weight excluding hydrogens is 584 g/mol. The van der Waals surface area contributed by atoms with Crippen LogP contribution in [0.15, 0.2) is 12.7 Å². The van der Waals surface area contributed by atoms with Crippen molar-refractivity contribution in [1.29, 1.82) is 0 Å². The Labute approximate surface area is 267 Å². The van der Waals surface area contributed by atoms with Crippen molar-refractivity contribution in [2.24, 2.45) is 23.5 Å². The Bertz CT molecular complexity index is 1030. The number of alkyl carbamates (subject to hydrolysis) is 1. The number of ether oxygens (including phenoxy) is 1. The smallest absolute Gasteiger partial charge is 0.408 e. The number of aliphatic hydroxyl groups is 1. The highest BCUT2D eigenvalue weighted by atomic mass is 16.6. The van der Waals surface area contributed by atoms with Crippen molar-refractivity contribution in [3.05, 3.63) is 12.7 Å². The molecule has 45 heavy (non-hydrogen) atoms. The summed E-state index contributed by atoms with van der Waals surface area (Å²) in [6.45, 7) is 19.5. The lowest BCUT2D eigenvalue weighted by Gasteiger charge is -2.31. The summed E-state index contributed by atoms with van der Waals surface area (Å²) in [6.07, 6.45) is -0.623. The number of carbonyl (C=O) groups is 6. The van der Waals surface area contributed by atoms with Crippen molar-refractivity contribution >= 4 is 35.6 Å². The maximum absolute atomic E-state index is 13.4. The summed E-state index contributed by atoms with van der Waals surface area (Å²) < 4.78 is 5.25. The van der Waals surface area contributed by atoms with Gasteiger partial charge < -0.3 is 42.2 Å². The summed E-state index contributed by atoms with van der Waals surface area (Å²) in [5, 5.41) is 24.2. The first-order chi connectivity index (χ1) is 20.7. The minimum absolute atomic E-state index is 0.00178. The molecule has 0 rings (SSSR count). The standard InChI is InChI=1S/C31H56N6O8/c1-11-13-20(27(41)34-19(7)26(40)33-12-2)15-23(38)21(14-17(3)4)35-28(42)22(16-24(32)39)36-29(43)25(18(5)6)37-30(44)45-31(8,9)10/h11,17-23,25,38H,1,12-16H2,2-10H3,(H2,32,39)(H,33,40)(H,34,41)(H,35,42)(H,36,43)(H,37,44)/t19-,20+,21-,22-,23-,25-/m0/s1. The zero-order chi connectivity index (χ0) is 35.1. The molecule has 14 heteroatoms. The summed E-state index contributed by atoms with van der Waals surface area (Å²) >= 11 is 0. The number of nitrogens with two attached hydrogens (primary N) is 1. The summed E-state index contributed by atoms with van der Waals surface area (Å²) in [4.78, 5) is 76.0. The highest BCUT2D eigenvalue weighted by Gasteiger charge is 2.34. The molecule has 14 nitrogen and oxygen atoms in total. The molecule has 0 spiro atoms. The van der Waals surface area contributed by atoms with Crippen molar-refractivity contribution in [1.82, 2.24) is 26.6 Å². The maximum atomic E-state index is 13.4. The molecule has 0 fully saturated rings. The first-order valence-electron chi connectivity index (χ1n) is 15.5. The average Bonchev–Trinajstić information content (AvgIpc) is 2.88. The molecule has 0 aliphatic heterocycles. The molecule has 0 aromatic heterocycles. The predicted octanol–water partition coefficient (Wildman–Crippen LogP) is 1.01. The van der Waals surface area contributed by atoms with E-state index in [1.165, 1.54) is 6.08 Å². The Kier molecular flexibility index (Phi) is 18.0. The Morgan fingerprint density at radius 3 is 1.93 bits per heavy atom. The number of hydrogen-bond acceptors (Lipinski definition) is 8. The van der Waals surface area contributed by atoms with Gasteiger partial charge in [-0.2, -0.15) is 0 Å². The van der Waals surface area contributed by atoms with Crippen molar-refractivity contribution < 1.29 is 38.6 Å². The van der Waals surface area contributed by atoms with E-state index in [1.807, 2.05) is 13.8 Å². The molecule has 0 aromatic carbocycles. The fourth-order valence-electron chi connectivity index (χ4n) is 4.44. The van der Waals surface area contributed by atoms with Crippen molar-refractivity contribution in [2.75, 3.05) is 6.54 Å². The van der Waals surface area contributed by atoms with Gasteiger partial charge in [0.25, 0.3) is 0 Å². The van der Waals surface area contributed by atoms with E-state index < -0.39 is 83.9 Å². The largest absolute Gasteiger partial charge is 0.444 e. The fourth-order valence-corrected chi connectivity index (χ4v) is 4.44. The number of amides is 6. The van der Waals surface area contributed by atoms with Gasteiger partial charge >= 0.3 is 6.09 Å². The second-order valence-corrected chi connectivity index (χ2v) is 13.0. The molecule has 6 atom stereocenters. The third kappa shape index (κ3) is 16.8. The third-order valence-electron chi connectivity index (χ3n) is 6.63. The van der Waals surface area contributed by atoms with Crippen LogP contribution in [0.4, 0.5) is 4.79 Å². The lowest BCUT2D eigenvalue weighted by Crippen LogP contribution is -2.58. The van der Waals surface area contributed by atoms with Crippen LogP contribution in [0.5, 0.6) is 0 Å². The first-order valence-corrected chi connectivity index (χ1v) is 15.5. The number of carbonyl (C=O) groups excluding carboxylic acids is 6. The molecule has 0 heterocycles. The number of nitrogens with one attached hydrogen (secondary N) is 5. The van der Waals surface area contributed by atoms with Crippen LogP contribution in [-0.4, -0.2) is 83.2 Å². The number of rotatable bonds is 19. The van der Waals surface area contributed by atoms with E-state index in [4.69, 9.17) is 10.5 Å². The molecule has 258 valence electrons. The van der Waals surface area contributed by atoms with E-state index in [2.05, 4.69) is 33.2 Å². The lowest BCUT2D eigenvalue weighted by atomic mass is 9.89. The Morgan fingerprint density at radius 2 is 1.47 bits per heavy atom. The number of allylic oxidation sites excluding steroid dienone is 1. The summed E-state index contributed by atoms with van der Waals surface area (Å²) in [6, 6.07) is -4.18. The monoisotopic (exact) mass is 640 g/mol. The van der Waals surface area contributed by atoms with Gasteiger partial charge in [-0.25, -0.2) is 4.79 Å². The van der Waals surface area contributed by atoms with Gasteiger partial charge in [0.2, 0.25) is 29.5 Å². The summed E-state index contributed by atoms with van der Waals surface area (Å²) in [5.74, 6) is -4.34. The van der Waals surface area contributed by atoms with Gasteiger partial charge in [-0.3, -0.25) is 24.0 Å². The second-order valence-electron chi connectivity index (χ2n) is 13.0. The van der Waals surface area contributed by atoms with Gasteiger partial charge in [0, 0.05) is 12.5 Å². The Balaban J connectivity index is 5.91. The molecule has 0 unspecified atom stereocenters. The highest BCUT2D eigenvalue weighted by Crippen LogP contribution is 2.19. The van der Waals surface area contributed by atoms with Gasteiger partial charge in [-0.15, -0.1) is 6.58 Å². The molecule has 0 radical (unpaired) electrons. The van der Waals surface area contributed by atoms with Gasteiger partial charge in [0.05, 0.1) is 18.6 Å². The van der Waals surface area contributed by atoms with E-state index in [0.29, 0.717) is 13.0 Å². The second kappa shape index (κ2) is 19.7. The van der Waals surface area contributed by atoms with Gasteiger partial charge in [-0.05, 0) is 65.7 Å². The molecule has 0 aliphatic carbocycles. The van der Waals surface area contributed by atoms with Crippen LogP contribution in [0.1, 0.15) is 88.0 Å². The third-order valence-corrected chi connectivity index (χ3v) is 6.63. The minimum atomic E-state index is -1.41. The van der Waals surface area contributed by atoms with Gasteiger partial charge in [0.1, 0.15) is 23.7 Å². The topological polar surface area (TPSA) is 218 Å². The summed E-state index contributed by atoms with van der Waals surface area (Å²) in [7, 11) is 0. The van der Waals surface area contributed by atoms with Crippen LogP contribution in [0, 0.1) is 17.8 Å². The number of aliphatic hydroxyl groups excluding tert-OH is 1.